The molecular formula is C54H98NO10P. The molecule has 0 saturated heterocycles. The fourth-order valence-electron chi connectivity index (χ4n) is 7.36. The number of esters is 2. The highest BCUT2D eigenvalue weighted by Crippen LogP contribution is 2.43. The van der Waals surface area contributed by atoms with Crippen LogP contribution in [0.5, 0.6) is 0 Å². The summed E-state index contributed by atoms with van der Waals surface area (Å²) in [5.74, 6) is -2.39. The summed E-state index contributed by atoms with van der Waals surface area (Å²) in [6.45, 7) is 2.80. The van der Waals surface area contributed by atoms with Gasteiger partial charge in [0, 0.05) is 12.8 Å². The number of hydrogen-bond acceptors (Lipinski definition) is 9. The van der Waals surface area contributed by atoms with Crippen LogP contribution < -0.4 is 5.73 Å². The average molecular weight is 952 g/mol. The van der Waals surface area contributed by atoms with Gasteiger partial charge in [0.1, 0.15) is 12.6 Å². The van der Waals surface area contributed by atoms with Crippen molar-refractivity contribution in [1.29, 1.82) is 0 Å². The molecule has 0 fully saturated rings. The number of phosphoric acid groups is 1. The third-order valence-electron chi connectivity index (χ3n) is 11.5. The van der Waals surface area contributed by atoms with Crippen LogP contribution in [0.3, 0.4) is 0 Å². The van der Waals surface area contributed by atoms with Gasteiger partial charge in [0.15, 0.2) is 6.10 Å². The zero-order valence-corrected chi connectivity index (χ0v) is 42.9. The van der Waals surface area contributed by atoms with E-state index in [0.717, 1.165) is 70.6 Å². The Morgan fingerprint density at radius 2 is 0.803 bits per heavy atom. The smallest absolute Gasteiger partial charge is 0.472 e. The molecule has 0 aromatic heterocycles. The molecule has 66 heavy (non-hydrogen) atoms. The highest BCUT2D eigenvalue weighted by molar-refractivity contribution is 7.47. The lowest BCUT2D eigenvalue weighted by molar-refractivity contribution is -0.161. The normalized spacial score (nSPS) is 13.9. The molecule has 0 radical (unpaired) electrons. The lowest BCUT2D eigenvalue weighted by Crippen LogP contribution is -2.34. The number of carbonyl (C=O) groups is 3. The van der Waals surface area contributed by atoms with Gasteiger partial charge in [-0.2, -0.15) is 0 Å². The number of rotatable bonds is 50. The third-order valence-corrected chi connectivity index (χ3v) is 12.5. The zero-order valence-electron chi connectivity index (χ0n) is 42.0. The predicted octanol–water partition coefficient (Wildman–Crippen LogP) is 15.3. The van der Waals surface area contributed by atoms with Gasteiger partial charge in [-0.05, 0) is 77.0 Å². The highest BCUT2D eigenvalue weighted by atomic mass is 31.2. The number of aliphatic carboxylic acids is 1. The van der Waals surface area contributed by atoms with Gasteiger partial charge in [-0.15, -0.1) is 0 Å². The predicted molar refractivity (Wildman–Crippen MR) is 272 cm³/mol. The second-order valence-electron chi connectivity index (χ2n) is 18.0. The van der Waals surface area contributed by atoms with Crippen molar-refractivity contribution in [3.05, 3.63) is 48.6 Å². The van der Waals surface area contributed by atoms with E-state index in [1.165, 1.54) is 135 Å². The minimum absolute atomic E-state index is 0.146. The number of ether oxygens (including phenoxy) is 2. The SMILES string of the molecule is CCCCC/C=C\C/C=C\C/C=C\CCCCCCCCC(=O)OC(COC(=O)CCCCCCCCCCCCC/C=C\CCCCCCCCCC)COP(=O)(O)OCC(N)C(=O)O. The first kappa shape index (κ1) is 63.4. The number of carboxylic acids is 1. The number of phosphoric ester groups is 1. The van der Waals surface area contributed by atoms with Gasteiger partial charge in [0.25, 0.3) is 0 Å². The maximum Gasteiger partial charge on any atom is 0.472 e. The van der Waals surface area contributed by atoms with Crippen molar-refractivity contribution < 1.29 is 47.5 Å². The Balaban J connectivity index is 4.23. The molecule has 0 amide bonds. The summed E-state index contributed by atoms with van der Waals surface area (Å²) >= 11 is 0. The van der Waals surface area contributed by atoms with Gasteiger partial charge in [0.05, 0.1) is 13.2 Å². The maximum atomic E-state index is 12.7. The van der Waals surface area contributed by atoms with Crippen molar-refractivity contribution >= 4 is 25.7 Å². The Kier molecular flexibility index (Phi) is 47.0. The van der Waals surface area contributed by atoms with Crippen molar-refractivity contribution in [3.8, 4) is 0 Å². The molecule has 0 heterocycles. The summed E-state index contributed by atoms with van der Waals surface area (Å²) in [7, 11) is -4.73. The van der Waals surface area contributed by atoms with Crippen molar-refractivity contribution in [2.24, 2.45) is 5.73 Å². The van der Waals surface area contributed by atoms with Crippen LogP contribution in [0.4, 0.5) is 0 Å². The fourth-order valence-corrected chi connectivity index (χ4v) is 8.14. The third kappa shape index (κ3) is 47.9. The molecule has 11 nitrogen and oxygen atoms in total. The van der Waals surface area contributed by atoms with Gasteiger partial charge in [-0.1, -0.05) is 204 Å². The summed E-state index contributed by atoms with van der Waals surface area (Å²) in [5.41, 5.74) is 5.36. The largest absolute Gasteiger partial charge is 0.480 e. The molecular weight excluding hydrogens is 854 g/mol. The van der Waals surface area contributed by atoms with Gasteiger partial charge >= 0.3 is 25.7 Å². The lowest BCUT2D eigenvalue weighted by Gasteiger charge is -2.20. The quantitative estimate of drug-likeness (QED) is 0.0229. The fraction of sp³-hybridized carbons (Fsp3) is 0.796. The second-order valence-corrected chi connectivity index (χ2v) is 19.5. The Morgan fingerprint density at radius 3 is 1.24 bits per heavy atom. The average Bonchev–Trinajstić information content (AvgIpc) is 3.30. The van der Waals surface area contributed by atoms with E-state index in [4.69, 9.17) is 24.8 Å². The Bertz CT molecular complexity index is 1300. The van der Waals surface area contributed by atoms with E-state index in [9.17, 15) is 23.8 Å². The molecule has 0 aliphatic rings. The topological polar surface area (TPSA) is 172 Å². The first-order valence-corrected chi connectivity index (χ1v) is 28.2. The van der Waals surface area contributed by atoms with Gasteiger partial charge in [-0.3, -0.25) is 23.4 Å². The number of carbonyl (C=O) groups excluding carboxylic acids is 2. The van der Waals surface area contributed by atoms with Crippen LogP contribution >= 0.6 is 7.82 Å². The van der Waals surface area contributed by atoms with Crippen LogP contribution in [-0.4, -0.2) is 59.9 Å². The molecule has 0 aliphatic heterocycles. The molecule has 0 rings (SSSR count). The van der Waals surface area contributed by atoms with Crippen LogP contribution in [0.2, 0.25) is 0 Å². The molecule has 0 aliphatic carbocycles. The maximum absolute atomic E-state index is 12.7. The Morgan fingerprint density at radius 1 is 0.470 bits per heavy atom. The number of allylic oxidation sites excluding steroid dienone is 8. The van der Waals surface area contributed by atoms with Crippen molar-refractivity contribution in [2.75, 3.05) is 19.8 Å². The van der Waals surface area contributed by atoms with Crippen LogP contribution in [-0.2, 0) is 37.5 Å². The van der Waals surface area contributed by atoms with Crippen molar-refractivity contribution in [2.45, 2.75) is 257 Å². The first-order valence-electron chi connectivity index (χ1n) is 26.7. The van der Waals surface area contributed by atoms with Gasteiger partial charge < -0.3 is 25.2 Å². The second kappa shape index (κ2) is 48.9. The van der Waals surface area contributed by atoms with Crippen LogP contribution in [0, 0.1) is 0 Å². The van der Waals surface area contributed by atoms with E-state index in [0.29, 0.717) is 12.8 Å². The molecule has 4 N–H and O–H groups in total. The molecule has 3 atom stereocenters. The number of unbranched alkanes of at least 4 members (excludes halogenated alkanes) is 28. The molecule has 0 spiro atoms. The molecule has 3 unspecified atom stereocenters. The summed E-state index contributed by atoms with van der Waals surface area (Å²) in [4.78, 5) is 46.2. The van der Waals surface area contributed by atoms with Crippen LogP contribution in [0.1, 0.15) is 245 Å². The number of hydrogen-bond donors (Lipinski definition) is 3. The monoisotopic (exact) mass is 952 g/mol. The molecule has 0 saturated carbocycles. The molecule has 12 heteroatoms. The molecule has 0 bridgehead atoms. The van der Waals surface area contributed by atoms with E-state index in [-0.39, 0.29) is 19.4 Å². The van der Waals surface area contributed by atoms with E-state index < -0.39 is 51.1 Å². The van der Waals surface area contributed by atoms with E-state index in [1.54, 1.807) is 0 Å². The minimum atomic E-state index is -4.73. The Hall–Kier alpha value is -2.56. The van der Waals surface area contributed by atoms with Gasteiger partial charge in [-0.25, -0.2) is 4.57 Å². The summed E-state index contributed by atoms with van der Waals surface area (Å²) < 4.78 is 32.9. The minimum Gasteiger partial charge on any atom is -0.480 e. The van der Waals surface area contributed by atoms with Crippen molar-refractivity contribution in [3.63, 3.8) is 0 Å². The van der Waals surface area contributed by atoms with Crippen LogP contribution in [0.15, 0.2) is 48.6 Å². The molecule has 0 aromatic rings. The zero-order chi connectivity index (χ0) is 48.4. The highest BCUT2D eigenvalue weighted by Gasteiger charge is 2.28. The lowest BCUT2D eigenvalue weighted by atomic mass is 10.0. The molecule has 0 aromatic carbocycles. The van der Waals surface area contributed by atoms with Gasteiger partial charge in [0.2, 0.25) is 0 Å². The number of carboxylic acid groups (broad SMARTS) is 1. The number of nitrogens with two attached hydrogens (primary N) is 1. The Labute approximate surface area is 403 Å². The molecule has 384 valence electrons. The standard InChI is InChI=1S/C54H98NO10P/c1-3-5-7-9-11-13-15-17-19-21-23-24-25-26-28-29-31-33-35-37-39-41-43-45-52(56)62-47-50(48-63-66(60,61)64-49-51(55)54(58)59)65-53(57)46-44-42-40-38-36-34-32-30-27-22-20-18-16-14-12-10-8-6-4-2/h12,14,18,20-21,23,27,30,50-51H,3-11,13,15-17,19,22,24-26,28-29,31-49,55H2,1-2H3,(H,58,59)(H,60,61)/b14-12-,20-18-,23-21-,30-27-. The van der Waals surface area contributed by atoms with E-state index in [1.807, 2.05) is 0 Å². The summed E-state index contributed by atoms with van der Waals surface area (Å²) in [6.07, 6.45) is 57.4. The summed E-state index contributed by atoms with van der Waals surface area (Å²) in [5, 5.41) is 8.93. The van der Waals surface area contributed by atoms with E-state index in [2.05, 4.69) is 67.0 Å². The van der Waals surface area contributed by atoms with E-state index >= 15 is 0 Å². The van der Waals surface area contributed by atoms with Crippen molar-refractivity contribution in [1.82, 2.24) is 0 Å². The summed E-state index contributed by atoms with van der Waals surface area (Å²) in [6, 6.07) is -1.53. The van der Waals surface area contributed by atoms with Crippen LogP contribution in [0.25, 0.3) is 0 Å². The first-order chi connectivity index (χ1) is 32.1.